The molecule has 0 aromatic carbocycles. The van der Waals surface area contributed by atoms with E-state index in [1.54, 1.807) is 14.2 Å². The topological polar surface area (TPSA) is 65.0 Å². The van der Waals surface area contributed by atoms with Crippen LogP contribution in [-0.2, 0) is 18.6 Å². The SMILES string of the molecule is COCC(COC)CO[P@](C)(=O)O. The van der Waals surface area contributed by atoms with Crippen molar-refractivity contribution in [2.75, 3.05) is 40.7 Å². The number of rotatable bonds is 7. The van der Waals surface area contributed by atoms with Gasteiger partial charge in [-0.05, 0) is 0 Å². The number of ether oxygens (including phenoxy) is 2. The average Bonchev–Trinajstić information content (AvgIpc) is 2.00. The van der Waals surface area contributed by atoms with Crippen molar-refractivity contribution in [1.82, 2.24) is 0 Å². The van der Waals surface area contributed by atoms with E-state index in [9.17, 15) is 4.57 Å². The lowest BCUT2D eigenvalue weighted by molar-refractivity contribution is 0.0556. The second-order valence-electron chi connectivity index (χ2n) is 2.88. The standard InChI is InChI=1S/C7H17O5P/c1-10-4-7(5-11-2)6-12-13(3,8)9/h7H,4-6H2,1-3H3,(H,8,9). The molecule has 0 saturated carbocycles. The summed E-state index contributed by atoms with van der Waals surface area (Å²) >= 11 is 0. The predicted octanol–water partition coefficient (Wildman–Crippen LogP) is 0.727. The third-order valence-corrected chi connectivity index (χ3v) is 1.98. The molecule has 0 aliphatic heterocycles. The Hall–Kier alpha value is 0.0700. The van der Waals surface area contributed by atoms with E-state index in [4.69, 9.17) is 18.9 Å². The van der Waals surface area contributed by atoms with Crippen LogP contribution in [0.2, 0.25) is 0 Å². The van der Waals surface area contributed by atoms with Crippen LogP contribution in [0.5, 0.6) is 0 Å². The van der Waals surface area contributed by atoms with Crippen LogP contribution in [0.15, 0.2) is 0 Å². The van der Waals surface area contributed by atoms with Gasteiger partial charge in [-0.25, -0.2) is 0 Å². The van der Waals surface area contributed by atoms with Gasteiger partial charge < -0.3 is 18.9 Å². The molecule has 0 saturated heterocycles. The molecule has 80 valence electrons. The zero-order valence-corrected chi connectivity index (χ0v) is 9.12. The fraction of sp³-hybridized carbons (Fsp3) is 1.00. The first-order valence-electron chi connectivity index (χ1n) is 3.92. The summed E-state index contributed by atoms with van der Waals surface area (Å²) in [5, 5.41) is 0. The van der Waals surface area contributed by atoms with Crippen molar-refractivity contribution >= 4 is 7.60 Å². The van der Waals surface area contributed by atoms with Crippen LogP contribution in [0.25, 0.3) is 0 Å². The number of methoxy groups -OCH3 is 2. The molecule has 0 fully saturated rings. The lowest BCUT2D eigenvalue weighted by Gasteiger charge is -2.15. The molecule has 1 atom stereocenters. The van der Waals surface area contributed by atoms with E-state index in [1.807, 2.05) is 0 Å². The minimum absolute atomic E-state index is 0.00424. The third-order valence-electron chi connectivity index (χ3n) is 1.35. The Labute approximate surface area is 78.5 Å². The maximum Gasteiger partial charge on any atom is 0.325 e. The lowest BCUT2D eigenvalue weighted by atomic mass is 10.2. The molecule has 0 spiro atoms. The average molecular weight is 212 g/mol. The van der Waals surface area contributed by atoms with Crippen molar-refractivity contribution in [3.05, 3.63) is 0 Å². The minimum atomic E-state index is -3.38. The molecule has 0 bridgehead atoms. The van der Waals surface area contributed by atoms with Gasteiger partial charge in [0.25, 0.3) is 0 Å². The molecule has 0 rings (SSSR count). The van der Waals surface area contributed by atoms with Gasteiger partial charge in [0.1, 0.15) is 0 Å². The van der Waals surface area contributed by atoms with Gasteiger partial charge in [-0.3, -0.25) is 4.57 Å². The van der Waals surface area contributed by atoms with E-state index in [-0.39, 0.29) is 12.5 Å². The molecule has 0 unspecified atom stereocenters. The van der Waals surface area contributed by atoms with E-state index >= 15 is 0 Å². The van der Waals surface area contributed by atoms with E-state index in [2.05, 4.69) is 0 Å². The highest BCUT2D eigenvalue weighted by Crippen LogP contribution is 2.36. The Bertz CT molecular complexity index is 160. The van der Waals surface area contributed by atoms with Gasteiger partial charge in [0.05, 0.1) is 19.8 Å². The monoisotopic (exact) mass is 212 g/mol. The van der Waals surface area contributed by atoms with Crippen LogP contribution in [0.3, 0.4) is 0 Å². The molecule has 0 amide bonds. The quantitative estimate of drug-likeness (QED) is 0.630. The van der Waals surface area contributed by atoms with Gasteiger partial charge >= 0.3 is 7.60 Å². The summed E-state index contributed by atoms with van der Waals surface area (Å²) in [6.07, 6.45) is 0. The van der Waals surface area contributed by atoms with E-state index in [0.717, 1.165) is 6.66 Å². The molecular weight excluding hydrogens is 195 g/mol. The van der Waals surface area contributed by atoms with Gasteiger partial charge in [-0.1, -0.05) is 0 Å². The molecule has 0 aromatic heterocycles. The molecule has 0 aliphatic carbocycles. The highest BCUT2D eigenvalue weighted by molar-refractivity contribution is 7.51. The van der Waals surface area contributed by atoms with Gasteiger partial charge in [0.15, 0.2) is 0 Å². The first-order valence-corrected chi connectivity index (χ1v) is 5.94. The van der Waals surface area contributed by atoms with Crippen LogP contribution in [-0.4, -0.2) is 45.6 Å². The van der Waals surface area contributed by atoms with Crippen LogP contribution in [0, 0.1) is 5.92 Å². The minimum Gasteiger partial charge on any atom is -0.384 e. The highest BCUT2D eigenvalue weighted by atomic mass is 31.2. The maximum atomic E-state index is 10.8. The van der Waals surface area contributed by atoms with Crippen LogP contribution in [0.1, 0.15) is 0 Å². The Morgan fingerprint density at radius 2 is 1.69 bits per heavy atom. The molecule has 0 radical (unpaired) electrons. The number of hydrogen-bond donors (Lipinski definition) is 1. The molecular formula is C7H17O5P. The van der Waals surface area contributed by atoms with E-state index in [1.165, 1.54) is 0 Å². The molecule has 1 N–H and O–H groups in total. The molecule has 5 nitrogen and oxygen atoms in total. The summed E-state index contributed by atoms with van der Waals surface area (Å²) < 4.78 is 25.3. The highest BCUT2D eigenvalue weighted by Gasteiger charge is 2.15. The Kier molecular flexibility index (Phi) is 6.55. The van der Waals surface area contributed by atoms with Gasteiger partial charge in [-0.15, -0.1) is 0 Å². The summed E-state index contributed by atoms with van der Waals surface area (Å²) in [4.78, 5) is 8.85. The molecule has 0 aliphatic rings. The summed E-state index contributed by atoms with van der Waals surface area (Å²) in [6.45, 7) is 2.23. The third kappa shape index (κ3) is 8.40. The zero-order valence-electron chi connectivity index (χ0n) is 8.23. The first kappa shape index (κ1) is 13.1. The summed E-state index contributed by atoms with van der Waals surface area (Å²) in [5.74, 6) is -0.00424. The van der Waals surface area contributed by atoms with E-state index < -0.39 is 7.60 Å². The fourth-order valence-corrected chi connectivity index (χ4v) is 1.35. The molecule has 0 heterocycles. The molecule has 6 heteroatoms. The summed E-state index contributed by atoms with van der Waals surface area (Å²) in [5.41, 5.74) is 0. The first-order chi connectivity index (χ1) is 5.99. The molecule has 0 aromatic rings. The largest absolute Gasteiger partial charge is 0.384 e. The van der Waals surface area contributed by atoms with Crippen LogP contribution < -0.4 is 0 Å². The van der Waals surface area contributed by atoms with Crippen molar-refractivity contribution in [3.8, 4) is 0 Å². The van der Waals surface area contributed by atoms with Crippen molar-refractivity contribution in [2.45, 2.75) is 0 Å². The van der Waals surface area contributed by atoms with Crippen molar-refractivity contribution < 1.29 is 23.5 Å². The normalized spacial score (nSPS) is 16.1. The summed E-state index contributed by atoms with van der Waals surface area (Å²) in [7, 11) is -0.253. The Balaban J connectivity index is 3.74. The van der Waals surface area contributed by atoms with Crippen LogP contribution in [0.4, 0.5) is 0 Å². The second-order valence-corrected chi connectivity index (χ2v) is 4.74. The second kappa shape index (κ2) is 6.51. The smallest absolute Gasteiger partial charge is 0.325 e. The number of hydrogen-bond acceptors (Lipinski definition) is 4. The van der Waals surface area contributed by atoms with Crippen molar-refractivity contribution in [1.29, 1.82) is 0 Å². The predicted molar refractivity (Wildman–Crippen MR) is 48.9 cm³/mol. The van der Waals surface area contributed by atoms with Crippen molar-refractivity contribution in [2.24, 2.45) is 5.92 Å². The van der Waals surface area contributed by atoms with Gasteiger partial charge in [0.2, 0.25) is 0 Å². The molecule has 13 heavy (non-hydrogen) atoms. The maximum absolute atomic E-state index is 10.8. The summed E-state index contributed by atoms with van der Waals surface area (Å²) in [6, 6.07) is 0. The fourth-order valence-electron chi connectivity index (χ4n) is 0.859. The zero-order chi connectivity index (χ0) is 10.3. The van der Waals surface area contributed by atoms with Crippen molar-refractivity contribution in [3.63, 3.8) is 0 Å². The van der Waals surface area contributed by atoms with Gasteiger partial charge in [-0.2, -0.15) is 0 Å². The van der Waals surface area contributed by atoms with Gasteiger partial charge in [0, 0.05) is 26.8 Å². The lowest BCUT2D eigenvalue weighted by Crippen LogP contribution is -2.19. The van der Waals surface area contributed by atoms with Crippen LogP contribution >= 0.6 is 7.60 Å². The van der Waals surface area contributed by atoms with E-state index in [0.29, 0.717) is 13.2 Å². The Morgan fingerprint density at radius 3 is 2.00 bits per heavy atom. The Morgan fingerprint density at radius 1 is 1.23 bits per heavy atom.